The molecular weight excluding hydrogens is 389 g/mol. The van der Waals surface area contributed by atoms with Crippen LogP contribution in [0.2, 0.25) is 0 Å². The Hall–Kier alpha value is -3.94. The Kier molecular flexibility index (Phi) is 6.26. The average molecular weight is 409 g/mol. The van der Waals surface area contributed by atoms with Crippen molar-refractivity contribution in [2.75, 3.05) is 17.2 Å². The lowest BCUT2D eigenvalue weighted by Gasteiger charge is -2.12. The molecule has 0 atom stereocenters. The van der Waals surface area contributed by atoms with Gasteiger partial charge in [0, 0.05) is 23.3 Å². The number of nitrogens with one attached hydrogen (secondary N) is 2. The van der Waals surface area contributed by atoms with Gasteiger partial charge in [-0.3, -0.25) is 19.5 Å². The van der Waals surface area contributed by atoms with E-state index < -0.39 is 23.4 Å². The summed E-state index contributed by atoms with van der Waals surface area (Å²) in [7, 11) is 0. The summed E-state index contributed by atoms with van der Waals surface area (Å²) < 4.78 is 19.3. The van der Waals surface area contributed by atoms with Gasteiger partial charge in [0.1, 0.15) is 11.4 Å². The lowest BCUT2D eigenvalue weighted by atomic mass is 10.1. The first kappa shape index (κ1) is 20.8. The Labute approximate surface area is 172 Å². The second kappa shape index (κ2) is 9.04. The van der Waals surface area contributed by atoms with Crippen molar-refractivity contribution in [2.45, 2.75) is 13.8 Å². The molecule has 0 saturated heterocycles. The number of amides is 2. The van der Waals surface area contributed by atoms with E-state index in [2.05, 4.69) is 10.6 Å². The molecule has 2 amide bonds. The minimum Gasteiger partial charge on any atom is -0.450 e. The van der Waals surface area contributed by atoms with Crippen LogP contribution in [-0.2, 0) is 4.74 Å². The van der Waals surface area contributed by atoms with Crippen LogP contribution in [0.25, 0.3) is 5.69 Å². The molecule has 0 radical (unpaired) electrons. The lowest BCUT2D eigenvalue weighted by molar-refractivity contribution is 0.102. The lowest BCUT2D eigenvalue weighted by Crippen LogP contribution is -2.29. The van der Waals surface area contributed by atoms with Crippen LogP contribution >= 0.6 is 0 Å². The number of aromatic nitrogens is 1. The molecule has 0 unspecified atom stereocenters. The second-order valence-electron chi connectivity index (χ2n) is 6.40. The van der Waals surface area contributed by atoms with Gasteiger partial charge in [-0.1, -0.05) is 0 Å². The van der Waals surface area contributed by atoms with Crippen molar-refractivity contribution in [2.24, 2.45) is 0 Å². The summed E-state index contributed by atoms with van der Waals surface area (Å²) in [6, 6.07) is 13.4. The summed E-state index contributed by atoms with van der Waals surface area (Å²) in [5, 5.41) is 5.23. The quantitative estimate of drug-likeness (QED) is 0.664. The maximum Gasteiger partial charge on any atom is 0.411 e. The molecule has 154 valence electrons. The van der Waals surface area contributed by atoms with Gasteiger partial charge >= 0.3 is 6.09 Å². The maximum atomic E-state index is 13.2. The second-order valence-corrected chi connectivity index (χ2v) is 6.40. The third-order valence-corrected chi connectivity index (χ3v) is 4.30. The van der Waals surface area contributed by atoms with E-state index >= 15 is 0 Å². The molecule has 3 aromatic rings. The van der Waals surface area contributed by atoms with E-state index in [1.54, 1.807) is 44.2 Å². The smallest absolute Gasteiger partial charge is 0.411 e. The van der Waals surface area contributed by atoms with Crippen LogP contribution in [-0.4, -0.2) is 23.2 Å². The first-order valence-electron chi connectivity index (χ1n) is 9.22. The van der Waals surface area contributed by atoms with Gasteiger partial charge in [-0.2, -0.15) is 0 Å². The highest BCUT2D eigenvalue weighted by molar-refractivity contribution is 6.05. The van der Waals surface area contributed by atoms with Crippen molar-refractivity contribution in [3.63, 3.8) is 0 Å². The van der Waals surface area contributed by atoms with Crippen molar-refractivity contribution in [3.8, 4) is 5.69 Å². The predicted molar refractivity (Wildman–Crippen MR) is 112 cm³/mol. The minimum atomic E-state index is -0.574. The Morgan fingerprint density at radius 1 is 0.967 bits per heavy atom. The number of ether oxygens (including phenoxy) is 1. The van der Waals surface area contributed by atoms with Crippen LogP contribution in [0, 0.1) is 12.7 Å². The van der Waals surface area contributed by atoms with Gasteiger partial charge in [0.2, 0.25) is 0 Å². The highest BCUT2D eigenvalue weighted by Crippen LogP contribution is 2.16. The normalized spacial score (nSPS) is 10.4. The zero-order valence-corrected chi connectivity index (χ0v) is 16.4. The number of carbonyl (C=O) groups excluding carboxylic acids is 2. The third kappa shape index (κ3) is 4.72. The number of hydrogen-bond donors (Lipinski definition) is 2. The number of carbonyl (C=O) groups is 2. The molecule has 30 heavy (non-hydrogen) atoms. The zero-order chi connectivity index (χ0) is 21.7. The monoisotopic (exact) mass is 409 g/mol. The summed E-state index contributed by atoms with van der Waals surface area (Å²) in [6.45, 7) is 3.62. The SMILES string of the molecule is CCOC(=O)Nc1ccc(NC(=O)c2c(C)ccn(-c3ccc(F)cc3)c2=O)cc1. The molecule has 8 heteroatoms. The van der Waals surface area contributed by atoms with Crippen LogP contribution < -0.4 is 16.2 Å². The first-order valence-corrected chi connectivity index (χ1v) is 9.22. The number of halogens is 1. The van der Waals surface area contributed by atoms with Crippen LogP contribution in [0.3, 0.4) is 0 Å². The number of hydrogen-bond acceptors (Lipinski definition) is 4. The van der Waals surface area contributed by atoms with Gasteiger partial charge in [0.25, 0.3) is 11.5 Å². The molecule has 0 fully saturated rings. The van der Waals surface area contributed by atoms with E-state index in [1.165, 1.54) is 35.0 Å². The first-order chi connectivity index (χ1) is 14.4. The Balaban J connectivity index is 1.81. The molecule has 0 aliphatic carbocycles. The molecule has 3 rings (SSSR count). The van der Waals surface area contributed by atoms with Crippen LogP contribution in [0.5, 0.6) is 0 Å². The number of anilines is 2. The zero-order valence-electron chi connectivity index (χ0n) is 16.4. The van der Waals surface area contributed by atoms with Gasteiger partial charge in [-0.25, -0.2) is 9.18 Å². The van der Waals surface area contributed by atoms with E-state index in [-0.39, 0.29) is 12.2 Å². The van der Waals surface area contributed by atoms with Gasteiger partial charge in [0.15, 0.2) is 0 Å². The molecule has 0 saturated carbocycles. The fraction of sp³-hybridized carbons (Fsp3) is 0.136. The summed E-state index contributed by atoms with van der Waals surface area (Å²) in [5.74, 6) is -0.988. The summed E-state index contributed by atoms with van der Waals surface area (Å²) >= 11 is 0. The van der Waals surface area contributed by atoms with Gasteiger partial charge < -0.3 is 10.1 Å². The molecule has 2 N–H and O–H groups in total. The Bertz CT molecular complexity index is 1120. The van der Waals surface area contributed by atoms with E-state index in [4.69, 9.17) is 4.74 Å². The van der Waals surface area contributed by atoms with E-state index in [0.717, 1.165) is 0 Å². The minimum absolute atomic E-state index is 0.0180. The van der Waals surface area contributed by atoms with Crippen molar-refractivity contribution in [1.29, 1.82) is 0 Å². The molecule has 0 aliphatic heterocycles. The standard InChI is InChI=1S/C22H20FN3O4/c1-3-30-22(29)25-17-8-6-16(7-9-17)24-20(27)19-14(2)12-13-26(21(19)28)18-10-4-15(23)5-11-18/h4-13H,3H2,1-2H3,(H,24,27)(H,25,29). The van der Waals surface area contributed by atoms with Gasteiger partial charge in [0.05, 0.1) is 6.61 Å². The molecule has 0 bridgehead atoms. The fourth-order valence-corrected chi connectivity index (χ4v) is 2.82. The van der Waals surface area contributed by atoms with E-state index in [0.29, 0.717) is 22.6 Å². The Morgan fingerprint density at radius 2 is 1.57 bits per heavy atom. The van der Waals surface area contributed by atoms with Crippen molar-refractivity contribution < 1.29 is 18.7 Å². The molecular formula is C22H20FN3O4. The highest BCUT2D eigenvalue weighted by Gasteiger charge is 2.17. The average Bonchev–Trinajstić information content (AvgIpc) is 2.71. The molecule has 0 spiro atoms. The van der Waals surface area contributed by atoms with Crippen molar-refractivity contribution in [1.82, 2.24) is 4.57 Å². The topological polar surface area (TPSA) is 89.4 Å². The third-order valence-electron chi connectivity index (χ3n) is 4.30. The van der Waals surface area contributed by atoms with Gasteiger partial charge in [-0.05, 0) is 74.0 Å². The number of benzene rings is 2. The van der Waals surface area contributed by atoms with Gasteiger partial charge in [-0.15, -0.1) is 0 Å². The van der Waals surface area contributed by atoms with Crippen LogP contribution in [0.1, 0.15) is 22.8 Å². The number of nitrogens with zero attached hydrogens (tertiary/aromatic N) is 1. The van der Waals surface area contributed by atoms with Crippen molar-refractivity contribution in [3.05, 3.63) is 88.1 Å². The Morgan fingerprint density at radius 3 is 2.17 bits per heavy atom. The fourth-order valence-electron chi connectivity index (χ4n) is 2.82. The summed E-state index contributed by atoms with van der Waals surface area (Å²) in [4.78, 5) is 37.1. The largest absolute Gasteiger partial charge is 0.450 e. The van der Waals surface area contributed by atoms with Crippen LogP contribution in [0.15, 0.2) is 65.6 Å². The predicted octanol–water partition coefficient (Wildman–Crippen LogP) is 4.11. The van der Waals surface area contributed by atoms with E-state index in [9.17, 15) is 18.8 Å². The van der Waals surface area contributed by atoms with E-state index in [1.807, 2.05) is 0 Å². The van der Waals surface area contributed by atoms with Crippen LogP contribution in [0.4, 0.5) is 20.6 Å². The van der Waals surface area contributed by atoms with Crippen molar-refractivity contribution >= 4 is 23.4 Å². The number of pyridine rings is 1. The summed E-state index contributed by atoms with van der Waals surface area (Å²) in [5.41, 5.74) is 1.38. The molecule has 1 heterocycles. The summed E-state index contributed by atoms with van der Waals surface area (Å²) in [6.07, 6.45) is 0.966. The molecule has 7 nitrogen and oxygen atoms in total. The number of rotatable bonds is 5. The molecule has 1 aromatic heterocycles. The maximum absolute atomic E-state index is 13.2. The number of aryl methyl sites for hydroxylation is 1. The molecule has 2 aromatic carbocycles. The molecule has 0 aliphatic rings. The highest BCUT2D eigenvalue weighted by atomic mass is 19.1.